The van der Waals surface area contributed by atoms with Gasteiger partial charge in [-0.05, 0) is 25.1 Å². The van der Waals surface area contributed by atoms with Crippen LogP contribution in [0.25, 0.3) is 0 Å². The van der Waals surface area contributed by atoms with Crippen LogP contribution in [-0.4, -0.2) is 19.7 Å². The highest BCUT2D eigenvalue weighted by atomic mass is 35.5. The summed E-state index contributed by atoms with van der Waals surface area (Å²) < 4.78 is 9.86. The van der Waals surface area contributed by atoms with E-state index in [2.05, 4.69) is 0 Å². The Bertz CT molecular complexity index is 336. The Morgan fingerprint density at radius 3 is 2.79 bits per heavy atom. The number of esters is 1. The van der Waals surface area contributed by atoms with Gasteiger partial charge in [-0.25, -0.2) is 4.79 Å². The minimum Gasteiger partial charge on any atom is -0.496 e. The molecule has 76 valence electrons. The number of carbonyl (C=O) groups is 1. The first-order valence-corrected chi connectivity index (χ1v) is 4.57. The fourth-order valence-electron chi connectivity index (χ4n) is 1.04. The molecule has 3 nitrogen and oxygen atoms in total. The van der Waals surface area contributed by atoms with Crippen molar-refractivity contribution >= 4 is 17.6 Å². The maximum Gasteiger partial charge on any atom is 0.341 e. The molecule has 0 saturated heterocycles. The highest BCUT2D eigenvalue weighted by molar-refractivity contribution is 6.30. The first kappa shape index (κ1) is 10.9. The summed E-state index contributed by atoms with van der Waals surface area (Å²) >= 11 is 5.75. The molecule has 0 atom stereocenters. The van der Waals surface area contributed by atoms with Crippen molar-refractivity contribution in [2.45, 2.75) is 6.92 Å². The number of hydrogen-bond acceptors (Lipinski definition) is 3. The zero-order valence-corrected chi connectivity index (χ0v) is 8.80. The van der Waals surface area contributed by atoms with E-state index in [-0.39, 0.29) is 0 Å². The summed E-state index contributed by atoms with van der Waals surface area (Å²) in [6.45, 7) is 2.09. The van der Waals surface area contributed by atoms with Crippen LogP contribution in [0.4, 0.5) is 0 Å². The van der Waals surface area contributed by atoms with Gasteiger partial charge >= 0.3 is 5.97 Å². The van der Waals surface area contributed by atoms with Crippen LogP contribution in [0.2, 0.25) is 5.02 Å². The van der Waals surface area contributed by atoms with E-state index < -0.39 is 5.97 Å². The zero-order valence-electron chi connectivity index (χ0n) is 8.04. The predicted octanol–water partition coefficient (Wildman–Crippen LogP) is 2.53. The molecule has 0 heterocycles. The van der Waals surface area contributed by atoms with Gasteiger partial charge in [-0.3, -0.25) is 0 Å². The van der Waals surface area contributed by atoms with Gasteiger partial charge in [0, 0.05) is 5.02 Å². The second-order valence-corrected chi connectivity index (χ2v) is 3.00. The van der Waals surface area contributed by atoms with E-state index in [1.165, 1.54) is 7.11 Å². The SMILES string of the molecule is CCOC(=O)c1ccc(Cl)cc1OC. The number of carbonyl (C=O) groups excluding carboxylic acids is 1. The van der Waals surface area contributed by atoms with Gasteiger partial charge < -0.3 is 9.47 Å². The topological polar surface area (TPSA) is 35.5 Å². The Hall–Kier alpha value is -1.22. The largest absolute Gasteiger partial charge is 0.496 e. The minimum absolute atomic E-state index is 0.338. The molecule has 0 unspecified atom stereocenters. The quantitative estimate of drug-likeness (QED) is 0.726. The lowest BCUT2D eigenvalue weighted by molar-refractivity contribution is 0.0523. The monoisotopic (exact) mass is 214 g/mol. The summed E-state index contributed by atoms with van der Waals surface area (Å²) in [6, 6.07) is 4.78. The van der Waals surface area contributed by atoms with Gasteiger partial charge in [0.2, 0.25) is 0 Å². The van der Waals surface area contributed by atoms with Crippen LogP contribution >= 0.6 is 11.6 Å². The highest BCUT2D eigenvalue weighted by Gasteiger charge is 2.12. The third-order valence-corrected chi connectivity index (χ3v) is 1.89. The fraction of sp³-hybridized carbons (Fsp3) is 0.300. The van der Waals surface area contributed by atoms with Crippen LogP contribution in [0.3, 0.4) is 0 Å². The Labute approximate surface area is 87.6 Å². The lowest BCUT2D eigenvalue weighted by Gasteiger charge is -2.07. The smallest absolute Gasteiger partial charge is 0.341 e. The van der Waals surface area contributed by atoms with Gasteiger partial charge in [0.05, 0.1) is 13.7 Å². The lowest BCUT2D eigenvalue weighted by Crippen LogP contribution is -2.06. The van der Waals surface area contributed by atoms with Crippen molar-refractivity contribution in [3.63, 3.8) is 0 Å². The minimum atomic E-state index is -0.402. The first-order valence-electron chi connectivity index (χ1n) is 4.19. The molecule has 0 aliphatic carbocycles. The van der Waals surface area contributed by atoms with E-state index in [0.29, 0.717) is 22.9 Å². The molecule has 1 aromatic carbocycles. The molecule has 0 radical (unpaired) electrons. The van der Waals surface area contributed by atoms with Crippen LogP contribution in [0.15, 0.2) is 18.2 Å². The van der Waals surface area contributed by atoms with Crippen molar-refractivity contribution < 1.29 is 14.3 Å². The summed E-state index contributed by atoms with van der Waals surface area (Å²) in [6.07, 6.45) is 0. The second-order valence-electron chi connectivity index (χ2n) is 2.57. The van der Waals surface area contributed by atoms with Crippen LogP contribution in [0.1, 0.15) is 17.3 Å². The number of methoxy groups -OCH3 is 1. The summed E-state index contributed by atoms with van der Waals surface area (Å²) in [7, 11) is 1.48. The van der Waals surface area contributed by atoms with Crippen molar-refractivity contribution in [2.24, 2.45) is 0 Å². The molecule has 0 amide bonds. The number of benzene rings is 1. The highest BCUT2D eigenvalue weighted by Crippen LogP contribution is 2.23. The average molecular weight is 215 g/mol. The van der Waals surface area contributed by atoms with E-state index >= 15 is 0 Å². The molecule has 14 heavy (non-hydrogen) atoms. The van der Waals surface area contributed by atoms with Gasteiger partial charge in [0.1, 0.15) is 11.3 Å². The molecule has 0 spiro atoms. The van der Waals surface area contributed by atoms with Gasteiger partial charge in [-0.1, -0.05) is 11.6 Å². The van der Waals surface area contributed by atoms with Crippen molar-refractivity contribution in [1.82, 2.24) is 0 Å². The van der Waals surface area contributed by atoms with Crippen LogP contribution in [-0.2, 0) is 4.74 Å². The first-order chi connectivity index (χ1) is 6.69. The molecule has 0 saturated carbocycles. The third-order valence-electron chi connectivity index (χ3n) is 1.66. The molecule has 0 N–H and O–H groups in total. The van der Waals surface area contributed by atoms with Crippen molar-refractivity contribution in [2.75, 3.05) is 13.7 Å². The van der Waals surface area contributed by atoms with E-state index in [1.54, 1.807) is 25.1 Å². The van der Waals surface area contributed by atoms with Gasteiger partial charge in [0.25, 0.3) is 0 Å². The number of halogens is 1. The molecule has 4 heteroatoms. The number of ether oxygens (including phenoxy) is 2. The molecular weight excluding hydrogens is 204 g/mol. The van der Waals surface area contributed by atoms with Gasteiger partial charge in [-0.15, -0.1) is 0 Å². The summed E-state index contributed by atoms with van der Waals surface area (Å²) in [5.41, 5.74) is 0.388. The molecule has 0 aliphatic rings. The van der Waals surface area contributed by atoms with Crippen molar-refractivity contribution in [3.8, 4) is 5.75 Å². The standard InChI is InChI=1S/C10H11ClO3/c1-3-14-10(12)8-5-4-7(11)6-9(8)13-2/h4-6H,3H2,1-2H3. The fourth-order valence-corrected chi connectivity index (χ4v) is 1.20. The van der Waals surface area contributed by atoms with Gasteiger partial charge in [0.15, 0.2) is 0 Å². The van der Waals surface area contributed by atoms with E-state index in [0.717, 1.165) is 0 Å². The summed E-state index contributed by atoms with van der Waals surface area (Å²) in [5, 5.41) is 0.523. The second kappa shape index (κ2) is 4.86. The molecule has 0 fully saturated rings. The molecular formula is C10H11ClO3. The Morgan fingerprint density at radius 2 is 2.21 bits per heavy atom. The number of rotatable bonds is 3. The van der Waals surface area contributed by atoms with Gasteiger partial charge in [-0.2, -0.15) is 0 Å². The molecule has 1 rings (SSSR count). The Kier molecular flexibility index (Phi) is 3.77. The molecule has 0 bridgehead atoms. The van der Waals surface area contributed by atoms with E-state index in [9.17, 15) is 4.79 Å². The Morgan fingerprint density at radius 1 is 1.50 bits per heavy atom. The van der Waals surface area contributed by atoms with Crippen molar-refractivity contribution in [1.29, 1.82) is 0 Å². The average Bonchev–Trinajstić information content (AvgIpc) is 2.17. The molecule has 0 aliphatic heterocycles. The molecule has 0 aromatic heterocycles. The van der Waals surface area contributed by atoms with Crippen LogP contribution < -0.4 is 4.74 Å². The summed E-state index contributed by atoms with van der Waals surface area (Å²) in [5.74, 6) is 0.0250. The lowest BCUT2D eigenvalue weighted by atomic mass is 10.2. The number of hydrogen-bond donors (Lipinski definition) is 0. The Balaban J connectivity index is 3.01. The van der Waals surface area contributed by atoms with Crippen molar-refractivity contribution in [3.05, 3.63) is 28.8 Å². The predicted molar refractivity (Wildman–Crippen MR) is 54.0 cm³/mol. The maximum atomic E-state index is 11.4. The zero-order chi connectivity index (χ0) is 10.6. The van der Waals surface area contributed by atoms with E-state index in [1.807, 2.05) is 0 Å². The van der Waals surface area contributed by atoms with Crippen LogP contribution in [0, 0.1) is 0 Å². The third kappa shape index (κ3) is 2.39. The normalized spacial score (nSPS) is 9.64. The molecule has 1 aromatic rings. The summed E-state index contributed by atoms with van der Waals surface area (Å²) in [4.78, 5) is 11.4. The van der Waals surface area contributed by atoms with E-state index in [4.69, 9.17) is 21.1 Å². The maximum absolute atomic E-state index is 11.4. The van der Waals surface area contributed by atoms with Crippen LogP contribution in [0.5, 0.6) is 5.75 Å².